The topological polar surface area (TPSA) is 83.0 Å². The van der Waals surface area contributed by atoms with E-state index in [0.29, 0.717) is 24.9 Å². The first-order valence-corrected chi connectivity index (χ1v) is 14.0. The highest BCUT2D eigenvalue weighted by atomic mass is 32.2. The van der Waals surface area contributed by atoms with Gasteiger partial charge in [0.1, 0.15) is 0 Å². The summed E-state index contributed by atoms with van der Waals surface area (Å²) in [6.45, 7) is 1.77. The number of aromatic nitrogens is 3. The van der Waals surface area contributed by atoms with Crippen molar-refractivity contribution in [2.24, 2.45) is 0 Å². The highest BCUT2D eigenvalue weighted by Crippen LogP contribution is 2.33. The van der Waals surface area contributed by atoms with Gasteiger partial charge in [-0.15, -0.1) is 0 Å². The first kappa shape index (κ1) is 25.4. The number of hydrogen-bond donors (Lipinski definition) is 2. The Hall–Kier alpha value is -3.24. The summed E-state index contributed by atoms with van der Waals surface area (Å²) >= 11 is 0. The third-order valence-corrected chi connectivity index (χ3v) is 9.11. The van der Waals surface area contributed by atoms with Gasteiger partial charge in [0.2, 0.25) is 10.0 Å². The van der Waals surface area contributed by atoms with Gasteiger partial charge < -0.3 is 4.98 Å². The second-order valence-corrected chi connectivity index (χ2v) is 11.7. The Labute approximate surface area is 215 Å². The molecule has 4 aromatic rings. The molecule has 2 atom stereocenters. The van der Waals surface area contributed by atoms with E-state index in [1.807, 2.05) is 41.2 Å². The number of rotatable bonds is 9. The maximum absolute atomic E-state index is 13.2. The average molecular weight is 528 g/mol. The Morgan fingerprint density at radius 2 is 1.95 bits per heavy atom. The smallest absolute Gasteiger partial charge is 0.251 e. The molecule has 10 heteroatoms. The van der Waals surface area contributed by atoms with Gasteiger partial charge in [0, 0.05) is 34.9 Å². The highest BCUT2D eigenvalue weighted by molar-refractivity contribution is 7.93. The van der Waals surface area contributed by atoms with Crippen molar-refractivity contribution < 1.29 is 17.2 Å². The average Bonchev–Trinajstić information content (AvgIpc) is 3.64. The molecule has 0 amide bonds. The van der Waals surface area contributed by atoms with Crippen LogP contribution in [0.4, 0.5) is 14.5 Å². The number of benzene rings is 2. The molecule has 2 aromatic heterocycles. The fraction of sp³-hybridized carbons (Fsp3) is 0.370. The van der Waals surface area contributed by atoms with Crippen LogP contribution in [0.5, 0.6) is 0 Å². The van der Waals surface area contributed by atoms with E-state index in [1.54, 1.807) is 24.3 Å². The minimum absolute atomic E-state index is 0.167. The van der Waals surface area contributed by atoms with Crippen molar-refractivity contribution in [2.75, 3.05) is 18.3 Å². The number of nitrogens with one attached hydrogen (secondary N) is 2. The van der Waals surface area contributed by atoms with Crippen molar-refractivity contribution >= 4 is 26.6 Å². The molecule has 7 nitrogen and oxygen atoms in total. The Balaban J connectivity index is 1.34. The summed E-state index contributed by atoms with van der Waals surface area (Å²) in [7, 11) is -2.06. The molecular formula is C27H31F2N5O2S. The first-order chi connectivity index (χ1) is 17.7. The van der Waals surface area contributed by atoms with E-state index in [1.165, 1.54) is 5.56 Å². The molecule has 1 aliphatic rings. The summed E-state index contributed by atoms with van der Waals surface area (Å²) in [5.74, 6) is 0. The van der Waals surface area contributed by atoms with E-state index in [-0.39, 0.29) is 12.6 Å². The summed E-state index contributed by atoms with van der Waals surface area (Å²) in [6.07, 6.45) is 5.30. The Bertz CT molecular complexity index is 1480. The fourth-order valence-electron chi connectivity index (χ4n) is 5.09. The summed E-state index contributed by atoms with van der Waals surface area (Å²) in [6, 6.07) is 13.9. The fourth-order valence-corrected chi connectivity index (χ4v) is 6.65. The molecule has 1 saturated carbocycles. The lowest BCUT2D eigenvalue weighted by Crippen LogP contribution is -2.35. The maximum atomic E-state index is 13.2. The lowest BCUT2D eigenvalue weighted by Gasteiger charge is -2.23. The standard InChI is InChI=1S/C27H31F2N5O2S/c1-3-18-4-7-21(8-5-18)34-16-20(14-31-34)19-6-11-25-24(12-19)26(15-30-25)32-37(35,36)23-10-9-22(13-23)33(2)17-27(28)29/h4-8,11-12,14-16,22-23,27,30,32H,3,9-10,13,17H2,1-2H3. The molecule has 0 aliphatic heterocycles. The number of nitrogens with zero attached hydrogens (tertiary/aromatic N) is 3. The molecule has 37 heavy (non-hydrogen) atoms. The van der Waals surface area contributed by atoms with E-state index >= 15 is 0 Å². The van der Waals surface area contributed by atoms with E-state index in [0.717, 1.165) is 34.1 Å². The van der Waals surface area contributed by atoms with Gasteiger partial charge in [-0.05, 0) is 68.1 Å². The summed E-state index contributed by atoms with van der Waals surface area (Å²) < 4.78 is 56.5. The van der Waals surface area contributed by atoms with Gasteiger partial charge in [-0.3, -0.25) is 9.62 Å². The van der Waals surface area contributed by atoms with Crippen molar-refractivity contribution in [1.82, 2.24) is 19.7 Å². The van der Waals surface area contributed by atoms with E-state index in [9.17, 15) is 17.2 Å². The summed E-state index contributed by atoms with van der Waals surface area (Å²) in [5.41, 5.74) is 5.34. The van der Waals surface area contributed by atoms with Crippen LogP contribution in [0.2, 0.25) is 0 Å². The molecule has 196 valence electrons. The normalized spacial score (nSPS) is 18.3. The van der Waals surface area contributed by atoms with Crippen LogP contribution >= 0.6 is 0 Å². The number of fused-ring (bicyclic) bond motifs is 1. The molecule has 2 N–H and O–H groups in total. The van der Waals surface area contributed by atoms with Gasteiger partial charge in [0.05, 0.1) is 29.4 Å². The van der Waals surface area contributed by atoms with Crippen molar-refractivity contribution in [3.05, 3.63) is 66.6 Å². The Morgan fingerprint density at radius 3 is 2.68 bits per heavy atom. The lowest BCUT2D eigenvalue weighted by molar-refractivity contribution is 0.0820. The highest BCUT2D eigenvalue weighted by Gasteiger charge is 2.36. The van der Waals surface area contributed by atoms with Gasteiger partial charge >= 0.3 is 0 Å². The number of aromatic amines is 1. The zero-order valence-electron chi connectivity index (χ0n) is 20.9. The zero-order valence-corrected chi connectivity index (χ0v) is 21.7. The van der Waals surface area contributed by atoms with Gasteiger partial charge in [0.25, 0.3) is 6.43 Å². The molecule has 2 unspecified atom stereocenters. The predicted molar refractivity (Wildman–Crippen MR) is 143 cm³/mol. The number of sulfonamides is 1. The quantitative estimate of drug-likeness (QED) is 0.304. The number of H-pyrrole nitrogens is 1. The number of hydrogen-bond acceptors (Lipinski definition) is 4. The monoisotopic (exact) mass is 527 g/mol. The molecule has 1 fully saturated rings. The molecule has 5 rings (SSSR count). The molecule has 2 heterocycles. The van der Waals surface area contributed by atoms with Crippen LogP contribution in [0, 0.1) is 0 Å². The summed E-state index contributed by atoms with van der Waals surface area (Å²) in [4.78, 5) is 4.70. The lowest BCUT2D eigenvalue weighted by atomic mass is 10.1. The number of alkyl halides is 2. The minimum Gasteiger partial charge on any atom is -0.359 e. The number of anilines is 1. The van der Waals surface area contributed by atoms with Crippen molar-refractivity contribution in [3.63, 3.8) is 0 Å². The molecule has 2 aromatic carbocycles. The Kier molecular flexibility index (Phi) is 7.04. The van der Waals surface area contributed by atoms with E-state index in [2.05, 4.69) is 33.9 Å². The zero-order chi connectivity index (χ0) is 26.2. The summed E-state index contributed by atoms with van der Waals surface area (Å²) in [5, 5.41) is 4.64. The first-order valence-electron chi connectivity index (χ1n) is 12.5. The van der Waals surface area contributed by atoms with Gasteiger partial charge in [-0.25, -0.2) is 21.9 Å². The number of aryl methyl sites for hydroxylation is 1. The largest absolute Gasteiger partial charge is 0.359 e. The number of halogens is 2. The van der Waals surface area contributed by atoms with Crippen molar-refractivity contribution in [3.8, 4) is 16.8 Å². The Morgan fingerprint density at radius 1 is 1.16 bits per heavy atom. The third kappa shape index (κ3) is 5.40. The van der Waals surface area contributed by atoms with Crippen LogP contribution in [-0.2, 0) is 16.4 Å². The molecule has 0 spiro atoms. The second kappa shape index (κ2) is 10.3. The van der Waals surface area contributed by atoms with Crippen LogP contribution in [0.3, 0.4) is 0 Å². The molecule has 0 bridgehead atoms. The van der Waals surface area contributed by atoms with Crippen molar-refractivity contribution in [1.29, 1.82) is 0 Å². The third-order valence-electron chi connectivity index (χ3n) is 7.30. The predicted octanol–water partition coefficient (Wildman–Crippen LogP) is 5.44. The van der Waals surface area contributed by atoms with Crippen LogP contribution in [0.1, 0.15) is 31.7 Å². The molecule has 0 radical (unpaired) electrons. The van der Waals surface area contributed by atoms with E-state index in [4.69, 9.17) is 0 Å². The molecular weight excluding hydrogens is 496 g/mol. The van der Waals surface area contributed by atoms with Gasteiger partial charge in [0.15, 0.2) is 0 Å². The van der Waals surface area contributed by atoms with Crippen LogP contribution in [0.25, 0.3) is 27.7 Å². The van der Waals surface area contributed by atoms with Gasteiger partial charge in [-0.2, -0.15) is 5.10 Å². The molecule has 1 aliphatic carbocycles. The molecule has 0 saturated heterocycles. The minimum atomic E-state index is -3.69. The van der Waals surface area contributed by atoms with Crippen molar-refractivity contribution in [2.45, 2.75) is 50.3 Å². The second-order valence-electron chi connectivity index (χ2n) is 9.72. The van der Waals surface area contributed by atoms with Crippen LogP contribution in [-0.4, -0.2) is 59.4 Å². The van der Waals surface area contributed by atoms with E-state index < -0.39 is 21.7 Å². The SMILES string of the molecule is CCc1ccc(-n2cc(-c3ccc4[nH]cc(NS(=O)(=O)C5CCC(N(C)CC(F)F)C5)c4c3)cn2)cc1. The van der Waals surface area contributed by atoms with Crippen LogP contribution < -0.4 is 4.72 Å². The maximum Gasteiger partial charge on any atom is 0.251 e. The van der Waals surface area contributed by atoms with Gasteiger partial charge in [-0.1, -0.05) is 25.1 Å². The van der Waals surface area contributed by atoms with Crippen LogP contribution in [0.15, 0.2) is 61.1 Å².